The van der Waals surface area contributed by atoms with Crippen LogP contribution in [0.2, 0.25) is 0 Å². The van der Waals surface area contributed by atoms with Crippen LogP contribution in [-0.2, 0) is 16.0 Å². The predicted octanol–water partition coefficient (Wildman–Crippen LogP) is 1.98. The summed E-state index contributed by atoms with van der Waals surface area (Å²) in [6, 6.07) is 4.64. The molecule has 182 valence electrons. The van der Waals surface area contributed by atoms with Gasteiger partial charge in [-0.2, -0.15) is 0 Å². The minimum absolute atomic E-state index is 0.636. The molecule has 0 unspecified atom stereocenters. The SMILES string of the molecule is c1cc2[nH]ccc2c(-c2nc(N3CCOCC3)c3nc(CN4CC(N5CCOCC5)C4)sc3n2)n1. The van der Waals surface area contributed by atoms with Crippen molar-refractivity contribution in [3.05, 3.63) is 29.5 Å². The second-order valence-corrected chi connectivity index (χ2v) is 10.4. The number of morpholine rings is 2. The van der Waals surface area contributed by atoms with E-state index in [1.807, 2.05) is 24.5 Å². The van der Waals surface area contributed by atoms with Crippen LogP contribution in [0.5, 0.6) is 0 Å². The number of rotatable bonds is 5. The largest absolute Gasteiger partial charge is 0.379 e. The van der Waals surface area contributed by atoms with Gasteiger partial charge in [-0.3, -0.25) is 14.8 Å². The van der Waals surface area contributed by atoms with Gasteiger partial charge in [-0.1, -0.05) is 11.3 Å². The third-order valence-electron chi connectivity index (χ3n) is 7.14. The molecule has 0 aliphatic carbocycles. The topological polar surface area (TPSA) is 95.5 Å². The Kier molecular flexibility index (Phi) is 5.59. The number of aromatic amines is 1. The molecule has 11 heteroatoms. The second-order valence-electron chi connectivity index (χ2n) is 9.33. The van der Waals surface area contributed by atoms with Gasteiger partial charge in [0.1, 0.15) is 21.0 Å². The minimum Gasteiger partial charge on any atom is -0.379 e. The number of anilines is 1. The molecular formula is C24H28N8O2S. The highest BCUT2D eigenvalue weighted by molar-refractivity contribution is 7.18. The Morgan fingerprint density at radius 1 is 0.971 bits per heavy atom. The van der Waals surface area contributed by atoms with Crippen LogP contribution < -0.4 is 4.90 Å². The summed E-state index contributed by atoms with van der Waals surface area (Å²) in [4.78, 5) is 31.2. The molecule has 1 N–H and O–H groups in total. The van der Waals surface area contributed by atoms with Crippen molar-refractivity contribution in [2.45, 2.75) is 12.6 Å². The summed E-state index contributed by atoms with van der Waals surface area (Å²) >= 11 is 1.68. The van der Waals surface area contributed by atoms with E-state index >= 15 is 0 Å². The first kappa shape index (κ1) is 21.6. The highest BCUT2D eigenvalue weighted by Crippen LogP contribution is 2.33. The van der Waals surface area contributed by atoms with Gasteiger partial charge in [0.25, 0.3) is 0 Å². The smallest absolute Gasteiger partial charge is 0.182 e. The molecule has 0 atom stereocenters. The molecule has 0 spiro atoms. The lowest BCUT2D eigenvalue weighted by Crippen LogP contribution is -2.60. The second kappa shape index (κ2) is 9.07. The van der Waals surface area contributed by atoms with Crippen LogP contribution in [0.3, 0.4) is 0 Å². The van der Waals surface area contributed by atoms with E-state index in [4.69, 9.17) is 24.4 Å². The van der Waals surface area contributed by atoms with E-state index in [0.29, 0.717) is 25.1 Å². The number of fused-ring (bicyclic) bond motifs is 2. The van der Waals surface area contributed by atoms with Crippen LogP contribution in [0.4, 0.5) is 5.82 Å². The average molecular weight is 493 g/mol. The van der Waals surface area contributed by atoms with Gasteiger partial charge in [-0.25, -0.2) is 15.0 Å². The summed E-state index contributed by atoms with van der Waals surface area (Å²) < 4.78 is 11.1. The molecule has 3 aliphatic heterocycles. The number of ether oxygens (including phenoxy) is 2. The number of H-pyrrole nitrogens is 1. The Morgan fingerprint density at radius 2 is 1.77 bits per heavy atom. The van der Waals surface area contributed by atoms with Crippen molar-refractivity contribution in [2.24, 2.45) is 0 Å². The number of pyridine rings is 1. The van der Waals surface area contributed by atoms with Crippen molar-refractivity contribution in [1.29, 1.82) is 0 Å². The molecule has 0 amide bonds. The zero-order valence-corrected chi connectivity index (χ0v) is 20.3. The van der Waals surface area contributed by atoms with E-state index in [1.165, 1.54) is 0 Å². The fraction of sp³-hybridized carbons (Fsp3) is 0.500. The summed E-state index contributed by atoms with van der Waals surface area (Å²) in [6.45, 7) is 9.81. The molecule has 3 saturated heterocycles. The summed E-state index contributed by atoms with van der Waals surface area (Å²) in [6.07, 6.45) is 3.74. The quantitative estimate of drug-likeness (QED) is 0.449. The molecule has 0 bridgehead atoms. The summed E-state index contributed by atoms with van der Waals surface area (Å²) in [5.41, 5.74) is 2.72. The van der Waals surface area contributed by atoms with Gasteiger partial charge >= 0.3 is 0 Å². The van der Waals surface area contributed by atoms with Gasteiger partial charge in [0.15, 0.2) is 11.6 Å². The molecule has 4 aromatic rings. The Morgan fingerprint density at radius 3 is 2.60 bits per heavy atom. The van der Waals surface area contributed by atoms with E-state index in [-0.39, 0.29) is 0 Å². The van der Waals surface area contributed by atoms with Gasteiger partial charge in [0.05, 0.1) is 33.0 Å². The Balaban J connectivity index is 1.20. The summed E-state index contributed by atoms with van der Waals surface area (Å²) in [5.74, 6) is 1.54. The maximum atomic E-state index is 5.60. The molecule has 10 nitrogen and oxygen atoms in total. The van der Waals surface area contributed by atoms with Crippen LogP contribution in [0.25, 0.3) is 32.8 Å². The lowest BCUT2D eigenvalue weighted by molar-refractivity contribution is -0.0344. The molecule has 0 aromatic carbocycles. The number of thiazole rings is 1. The number of nitrogens with one attached hydrogen (secondary N) is 1. The Bertz CT molecular complexity index is 1340. The highest BCUT2D eigenvalue weighted by atomic mass is 32.1. The van der Waals surface area contributed by atoms with Crippen molar-refractivity contribution in [3.63, 3.8) is 0 Å². The Hall–Kier alpha value is -2.70. The van der Waals surface area contributed by atoms with Crippen LogP contribution in [-0.4, -0.2) is 106 Å². The Labute approximate surface area is 206 Å². The fourth-order valence-corrected chi connectivity index (χ4v) is 6.19. The summed E-state index contributed by atoms with van der Waals surface area (Å²) in [7, 11) is 0. The van der Waals surface area contributed by atoms with Gasteiger partial charge in [0.2, 0.25) is 0 Å². The van der Waals surface area contributed by atoms with Gasteiger partial charge in [-0.15, -0.1) is 0 Å². The third kappa shape index (κ3) is 4.07. The number of nitrogens with zero attached hydrogens (tertiary/aromatic N) is 7. The van der Waals surface area contributed by atoms with Crippen LogP contribution in [0.1, 0.15) is 5.01 Å². The number of likely N-dealkylation sites (tertiary alicyclic amines) is 1. The molecule has 3 fully saturated rings. The average Bonchev–Trinajstić information content (AvgIpc) is 3.53. The first-order valence-corrected chi connectivity index (χ1v) is 13.1. The van der Waals surface area contributed by atoms with Crippen molar-refractivity contribution < 1.29 is 9.47 Å². The minimum atomic E-state index is 0.636. The fourth-order valence-electron chi connectivity index (χ4n) is 5.22. The maximum Gasteiger partial charge on any atom is 0.182 e. The summed E-state index contributed by atoms with van der Waals surface area (Å²) in [5, 5.41) is 2.12. The van der Waals surface area contributed by atoms with Crippen molar-refractivity contribution >= 4 is 38.4 Å². The maximum absolute atomic E-state index is 5.60. The van der Waals surface area contributed by atoms with Crippen molar-refractivity contribution in [2.75, 3.05) is 70.6 Å². The molecular weight excluding hydrogens is 464 g/mol. The molecule has 7 heterocycles. The molecule has 0 saturated carbocycles. The molecule has 3 aliphatic rings. The van der Waals surface area contributed by atoms with E-state index < -0.39 is 0 Å². The zero-order chi connectivity index (χ0) is 23.2. The van der Waals surface area contributed by atoms with Crippen LogP contribution in [0, 0.1) is 0 Å². The lowest BCUT2D eigenvalue weighted by Gasteiger charge is -2.46. The number of hydrogen-bond donors (Lipinski definition) is 1. The number of aromatic nitrogens is 5. The third-order valence-corrected chi connectivity index (χ3v) is 8.08. The van der Waals surface area contributed by atoms with Gasteiger partial charge in [-0.05, 0) is 12.1 Å². The van der Waals surface area contributed by atoms with Crippen LogP contribution in [0.15, 0.2) is 24.5 Å². The first-order valence-electron chi connectivity index (χ1n) is 12.3. The molecule has 0 radical (unpaired) electrons. The first-order chi connectivity index (χ1) is 17.3. The van der Waals surface area contributed by atoms with E-state index in [0.717, 1.165) is 96.8 Å². The van der Waals surface area contributed by atoms with E-state index in [1.54, 1.807) is 11.3 Å². The monoisotopic (exact) mass is 492 g/mol. The predicted molar refractivity (Wildman–Crippen MR) is 135 cm³/mol. The normalized spacial score (nSPS) is 20.6. The van der Waals surface area contributed by atoms with Gasteiger partial charge in [0, 0.05) is 68.6 Å². The van der Waals surface area contributed by atoms with E-state index in [2.05, 4.69) is 24.7 Å². The standard InChI is InChI=1S/C24H28N8O2S/c1-3-25-18-2-4-26-20(17(1)18)22-28-23(32-7-11-34-12-8-32)21-24(29-22)35-19(27-21)15-30-13-16(14-30)31-5-9-33-10-6-31/h1-4,16,25H,5-15H2. The van der Waals surface area contributed by atoms with Crippen LogP contribution >= 0.6 is 11.3 Å². The van der Waals surface area contributed by atoms with Gasteiger partial charge < -0.3 is 19.4 Å². The van der Waals surface area contributed by atoms with Crippen molar-refractivity contribution in [3.8, 4) is 11.5 Å². The lowest BCUT2D eigenvalue weighted by atomic mass is 10.1. The molecule has 35 heavy (non-hydrogen) atoms. The number of hydrogen-bond acceptors (Lipinski definition) is 10. The molecule has 4 aromatic heterocycles. The zero-order valence-electron chi connectivity index (χ0n) is 19.5. The van der Waals surface area contributed by atoms with E-state index in [9.17, 15) is 0 Å². The molecule has 7 rings (SSSR count). The highest BCUT2D eigenvalue weighted by Gasteiger charge is 2.33. The van der Waals surface area contributed by atoms with Crippen molar-refractivity contribution in [1.82, 2.24) is 34.7 Å².